The van der Waals surface area contributed by atoms with Gasteiger partial charge < -0.3 is 9.47 Å². The Bertz CT molecular complexity index is 4440. The molecule has 0 aliphatic heterocycles. The molecule has 12 aromatic carbocycles. The summed E-state index contributed by atoms with van der Waals surface area (Å²) in [6.07, 6.45) is -8.82. The average Bonchev–Trinajstić information content (AvgIpc) is 1.10. The van der Waals surface area contributed by atoms with E-state index in [0.29, 0.717) is 30.1 Å². The lowest BCUT2D eigenvalue weighted by molar-refractivity contribution is -0.274. The quantitative estimate of drug-likeness (QED) is 0.130. The van der Waals surface area contributed by atoms with Crippen molar-refractivity contribution in [3.8, 4) is 11.5 Å². The Kier molecular flexibility index (Phi) is 51.1. The first-order valence-electron chi connectivity index (χ1n) is 33.7. The number of ether oxygens (including phenoxy) is 2. The van der Waals surface area contributed by atoms with Crippen LogP contribution in [-0.2, 0) is 6.18 Å². The van der Waals surface area contributed by atoms with Crippen LogP contribution in [0.3, 0.4) is 0 Å². The maximum atomic E-state index is 12.6. The van der Waals surface area contributed by atoms with Crippen molar-refractivity contribution >= 4 is 152 Å². The van der Waals surface area contributed by atoms with Gasteiger partial charge in [-0.1, -0.05) is 257 Å². The van der Waals surface area contributed by atoms with E-state index >= 15 is 0 Å². The molecule has 12 aromatic rings. The van der Waals surface area contributed by atoms with Crippen molar-refractivity contribution < 1.29 is 57.8 Å². The van der Waals surface area contributed by atoms with Gasteiger partial charge in [0.1, 0.15) is 23.1 Å². The summed E-state index contributed by atoms with van der Waals surface area (Å²) in [6, 6.07) is 69.6. The first-order valence-corrected chi connectivity index (χ1v) is 39.5. The van der Waals surface area contributed by atoms with Gasteiger partial charge in [0.05, 0.1) is 35.1 Å². The number of rotatable bonds is 3. The van der Waals surface area contributed by atoms with Crippen molar-refractivity contribution in [2.24, 2.45) is 0 Å². The van der Waals surface area contributed by atoms with E-state index in [2.05, 4.69) is 114 Å². The highest BCUT2D eigenvalue weighted by atomic mass is 79.9. The summed E-state index contributed by atoms with van der Waals surface area (Å²) >= 11 is 60.4. The highest BCUT2D eigenvalue weighted by Crippen LogP contribution is 2.31. The molecule has 0 saturated carbocycles. The molecule has 0 amide bonds. The Labute approximate surface area is 733 Å². The van der Waals surface area contributed by atoms with Crippen LogP contribution < -0.4 is 9.47 Å². The smallest absolute Gasteiger partial charge is 0.435 e. The van der Waals surface area contributed by atoms with Crippen LogP contribution >= 0.6 is 152 Å². The summed E-state index contributed by atoms with van der Waals surface area (Å²) < 4.78 is 142. The Balaban J connectivity index is 0.000000623. The van der Waals surface area contributed by atoms with Crippen LogP contribution in [0.5, 0.6) is 11.5 Å². The number of aryl methyl sites for hydroxylation is 14. The van der Waals surface area contributed by atoms with E-state index in [0.717, 1.165) is 71.2 Å². The molecule has 612 valence electrons. The fraction of sp³-hybridized carbons (Fsp3) is 0.191. The monoisotopic (exact) mass is 1940 g/mol. The Morgan fingerprint density at radius 2 is 0.658 bits per heavy atom. The highest BCUT2D eigenvalue weighted by molar-refractivity contribution is 9.11. The van der Waals surface area contributed by atoms with Crippen LogP contribution in [0.25, 0.3) is 0 Å². The van der Waals surface area contributed by atoms with E-state index < -0.39 is 30.5 Å². The second-order valence-corrected chi connectivity index (χ2v) is 31.1. The summed E-state index contributed by atoms with van der Waals surface area (Å²) in [6.45, 7) is 24.2. The summed E-state index contributed by atoms with van der Waals surface area (Å²) in [5.74, 6) is -1.08. The zero-order chi connectivity index (χ0) is 86.8. The van der Waals surface area contributed by atoms with Crippen LogP contribution in [0.1, 0.15) is 83.5 Å². The zero-order valence-corrected chi connectivity index (χ0v) is 75.7. The van der Waals surface area contributed by atoms with E-state index in [4.69, 9.17) is 104 Å². The number of alkyl halides is 8. The van der Waals surface area contributed by atoms with Gasteiger partial charge in [0.2, 0.25) is 0 Å². The van der Waals surface area contributed by atoms with Gasteiger partial charge in [0.15, 0.2) is 5.82 Å². The Morgan fingerprint density at radius 1 is 0.289 bits per heavy atom. The second-order valence-electron chi connectivity index (χ2n) is 24.8. The van der Waals surface area contributed by atoms with Gasteiger partial charge in [-0.2, -0.15) is 22.0 Å². The Hall–Kier alpha value is -6.48. The van der Waals surface area contributed by atoms with Crippen molar-refractivity contribution in [2.45, 2.75) is 116 Å². The standard InChI is InChI=1S/C8H9Br.C8H9Cl.C8H7F3O.C8H7F3.C8H8F2O.C7H6BrF.C7H7Br.C7H5Cl2F.2C7H6Cl2.C7H6ClF.C7H7Cl/c2*1-6-3-4-7(2)8(9)5-6;1-6-3-2-4-7(5-6)12-8(9,10)11;1-6-3-2-4-7(5-6)8(9,10)11;1-6-3-2-4-7(5-6)11-8(9)10;1-5-2-3-7(9)6(8)4-5;1-6-3-2-4-7(8)5-6;1-4-2-5(8)7(10)6(9)3-4;1-5-2-6(8)4-7(9)3-5;1-5-2-3-6(8)7(9)4-5;1-5-2-3-7(9)6(8)4-5;1-6-3-2-4-7(8)5-6/h2*3-5H,1-2H3;2-5H,1H3;2-5H,1H3;2-5,8H,1H3;2-4H,1H3;2-5H,1H3;2-3H,1H3;3*2-4H,1H3;2-5H,1H3. The molecular weight excluding hydrogens is 1870 g/mol. The van der Waals surface area contributed by atoms with Gasteiger partial charge in [0.25, 0.3) is 0 Å². The van der Waals surface area contributed by atoms with Crippen LogP contribution in [0, 0.1) is 114 Å². The highest BCUT2D eigenvalue weighted by Gasteiger charge is 2.31. The van der Waals surface area contributed by atoms with E-state index in [9.17, 15) is 48.3 Å². The molecule has 0 N–H and O–H groups in total. The summed E-state index contributed by atoms with van der Waals surface area (Å²) in [7, 11) is 0. The topological polar surface area (TPSA) is 18.5 Å². The number of hydrogen-bond acceptors (Lipinski definition) is 2. The maximum Gasteiger partial charge on any atom is 0.573 e. The fourth-order valence-electron chi connectivity index (χ4n) is 8.21. The lowest BCUT2D eigenvalue weighted by atomic mass is 10.1. The predicted octanol–water partition coefficient (Wildman–Crippen LogP) is 35.7. The molecule has 0 aliphatic rings. The van der Waals surface area contributed by atoms with Gasteiger partial charge >= 0.3 is 19.2 Å². The molecule has 0 fully saturated rings. The molecule has 0 aliphatic carbocycles. The molecule has 0 heterocycles. The summed E-state index contributed by atoms with van der Waals surface area (Å²) in [5.41, 5.74) is 14.2. The van der Waals surface area contributed by atoms with E-state index in [1.807, 2.05) is 134 Å². The van der Waals surface area contributed by atoms with Gasteiger partial charge in [-0.3, -0.25) is 0 Å². The molecule has 0 radical (unpaired) electrons. The SMILES string of the molecule is Cc1cc(Cl)c(F)c(Cl)c1.Cc1cc(Cl)cc(Cl)c1.Cc1ccc(C)c(Br)c1.Cc1ccc(C)c(Cl)c1.Cc1ccc(Cl)c(Cl)c1.Cc1ccc(F)c(Br)c1.Cc1ccc(F)c(Cl)c1.Cc1cccc(Br)c1.Cc1cccc(C(F)(F)F)c1.Cc1cccc(Cl)c1.Cc1cccc(OC(F)(F)F)c1.Cc1cccc(OC(F)F)c1. The maximum absolute atomic E-state index is 12.6. The second kappa shape index (κ2) is 55.2. The Morgan fingerprint density at radius 3 is 1.00 bits per heavy atom. The van der Waals surface area contributed by atoms with Crippen molar-refractivity contribution in [1.82, 2.24) is 0 Å². The first kappa shape index (κ1) is 106. The zero-order valence-electron chi connectivity index (χ0n) is 64.2. The molecule has 25 heteroatoms. The largest absolute Gasteiger partial charge is 0.573 e. The predicted molar refractivity (Wildman–Crippen MR) is 470 cm³/mol. The van der Waals surface area contributed by atoms with Gasteiger partial charge in [-0.15, -0.1) is 13.2 Å². The molecule has 114 heavy (non-hydrogen) atoms. The molecule has 12 rings (SSSR count). The average molecular weight is 1950 g/mol. The molecule has 0 spiro atoms. The van der Waals surface area contributed by atoms with Crippen molar-refractivity contribution in [1.29, 1.82) is 0 Å². The molecule has 2 nitrogen and oxygen atoms in total. The van der Waals surface area contributed by atoms with Gasteiger partial charge in [-0.25, -0.2) is 13.2 Å². The van der Waals surface area contributed by atoms with Crippen LogP contribution in [-0.4, -0.2) is 13.0 Å². The van der Waals surface area contributed by atoms with E-state index in [1.54, 1.807) is 81.4 Å². The molecule has 0 bridgehead atoms. The van der Waals surface area contributed by atoms with Crippen LogP contribution in [0.2, 0.25) is 45.2 Å². The van der Waals surface area contributed by atoms with Crippen molar-refractivity contribution in [2.75, 3.05) is 0 Å². The minimum atomic E-state index is -4.60. The van der Waals surface area contributed by atoms with Crippen LogP contribution in [0.15, 0.2) is 256 Å². The molecule has 0 saturated heterocycles. The normalized spacial score (nSPS) is 10.1. The minimum Gasteiger partial charge on any atom is -0.435 e. The third-order valence-electron chi connectivity index (χ3n) is 13.8. The molecule has 0 atom stereocenters. The van der Waals surface area contributed by atoms with Crippen LogP contribution in [0.4, 0.5) is 48.3 Å². The lowest BCUT2D eigenvalue weighted by Gasteiger charge is -2.08. The molecule has 0 unspecified atom stereocenters. The number of halogens is 23. The first-order chi connectivity index (χ1) is 53.0. The molecule has 0 aromatic heterocycles. The summed E-state index contributed by atoms with van der Waals surface area (Å²) in [4.78, 5) is 0. The number of benzene rings is 12. The number of hydrogen-bond donors (Lipinski definition) is 0. The third-order valence-corrected chi connectivity index (χ3v) is 18.4. The third kappa shape index (κ3) is 50.2. The minimum absolute atomic E-state index is 0.0741. The van der Waals surface area contributed by atoms with Crippen molar-refractivity contribution in [3.63, 3.8) is 0 Å². The molecular formula is C89H83Br3Cl9F11O2. The van der Waals surface area contributed by atoms with E-state index in [-0.39, 0.29) is 38.2 Å². The van der Waals surface area contributed by atoms with Gasteiger partial charge in [0, 0.05) is 29.0 Å². The van der Waals surface area contributed by atoms with Gasteiger partial charge in [-0.05, 0) is 313 Å². The van der Waals surface area contributed by atoms with Crippen molar-refractivity contribution in [3.05, 3.63) is 402 Å². The lowest BCUT2D eigenvalue weighted by Crippen LogP contribution is -2.17. The fourth-order valence-corrected chi connectivity index (χ4v) is 12.0. The van der Waals surface area contributed by atoms with E-state index in [1.165, 1.54) is 86.9 Å². The summed E-state index contributed by atoms with van der Waals surface area (Å²) in [5, 5.41) is 4.63.